The van der Waals surface area contributed by atoms with Crippen molar-refractivity contribution in [2.24, 2.45) is 5.73 Å². The highest BCUT2D eigenvalue weighted by atomic mass is 79.9. The molecule has 1 aromatic rings. The molecular formula is C11H18BrN3. The van der Waals surface area contributed by atoms with Crippen molar-refractivity contribution in [3.05, 3.63) is 16.4 Å². The third kappa shape index (κ3) is 2.11. The molecule has 1 aliphatic rings. The minimum Gasteiger partial charge on any atom is -0.327 e. The monoisotopic (exact) mass is 271 g/mol. The molecule has 2 atom stereocenters. The normalized spacial score (nSPS) is 26.1. The summed E-state index contributed by atoms with van der Waals surface area (Å²) in [5, 5.41) is 4.40. The minimum absolute atomic E-state index is 0.314. The van der Waals surface area contributed by atoms with Crippen LogP contribution in [0.15, 0.2) is 10.7 Å². The molecule has 15 heavy (non-hydrogen) atoms. The summed E-state index contributed by atoms with van der Waals surface area (Å²) in [5.41, 5.74) is 7.45. The van der Waals surface area contributed by atoms with Crippen molar-refractivity contribution >= 4 is 15.9 Å². The van der Waals surface area contributed by atoms with Crippen LogP contribution in [0.25, 0.3) is 0 Å². The van der Waals surface area contributed by atoms with Gasteiger partial charge in [0.25, 0.3) is 0 Å². The number of aromatic nitrogens is 2. The first-order chi connectivity index (χ1) is 7.24. The van der Waals surface area contributed by atoms with Crippen molar-refractivity contribution in [1.82, 2.24) is 9.78 Å². The van der Waals surface area contributed by atoms with Gasteiger partial charge >= 0.3 is 0 Å². The molecule has 1 fully saturated rings. The molecule has 0 amide bonds. The van der Waals surface area contributed by atoms with E-state index in [0.29, 0.717) is 12.0 Å². The molecule has 1 aliphatic carbocycles. The molecule has 0 spiro atoms. The lowest BCUT2D eigenvalue weighted by Crippen LogP contribution is -2.25. The second kappa shape index (κ2) is 4.66. The van der Waals surface area contributed by atoms with Crippen molar-refractivity contribution in [1.29, 1.82) is 0 Å². The predicted octanol–water partition coefficient (Wildman–Crippen LogP) is 2.65. The lowest BCUT2D eigenvalue weighted by atomic mass is 10.0. The Kier molecular flexibility index (Phi) is 3.46. The molecule has 1 aromatic heterocycles. The number of nitrogens with two attached hydrogens (primary N) is 1. The van der Waals surface area contributed by atoms with Crippen LogP contribution in [-0.4, -0.2) is 15.8 Å². The van der Waals surface area contributed by atoms with Crippen LogP contribution >= 0.6 is 15.9 Å². The van der Waals surface area contributed by atoms with Gasteiger partial charge in [-0.1, -0.05) is 13.3 Å². The molecule has 4 heteroatoms. The first-order valence-electron chi connectivity index (χ1n) is 5.70. The zero-order chi connectivity index (χ0) is 10.8. The van der Waals surface area contributed by atoms with E-state index in [1.54, 1.807) is 0 Å². The summed E-state index contributed by atoms with van der Waals surface area (Å²) >= 11 is 3.59. The maximum Gasteiger partial charge on any atom is 0.0635 e. The van der Waals surface area contributed by atoms with Crippen LogP contribution in [0.2, 0.25) is 0 Å². The highest BCUT2D eigenvalue weighted by Gasteiger charge is 2.29. The van der Waals surface area contributed by atoms with E-state index in [-0.39, 0.29) is 0 Å². The molecule has 3 nitrogen and oxygen atoms in total. The van der Waals surface area contributed by atoms with E-state index in [1.165, 1.54) is 18.5 Å². The standard InChI is InChI=1S/C11H18BrN3/c1-2-6-15-11(9(12)7-14-15)8-4-3-5-10(8)13/h7-8,10H,2-6,13H2,1H3. The molecule has 84 valence electrons. The molecule has 2 rings (SSSR count). The average Bonchev–Trinajstić information content (AvgIpc) is 2.75. The van der Waals surface area contributed by atoms with Gasteiger partial charge in [-0.3, -0.25) is 4.68 Å². The maximum absolute atomic E-state index is 6.14. The van der Waals surface area contributed by atoms with Crippen LogP contribution in [0.1, 0.15) is 44.2 Å². The van der Waals surface area contributed by atoms with Gasteiger partial charge in [0.2, 0.25) is 0 Å². The maximum atomic E-state index is 6.14. The summed E-state index contributed by atoms with van der Waals surface area (Å²) in [6, 6.07) is 0.314. The molecular weight excluding hydrogens is 254 g/mol. The minimum atomic E-state index is 0.314. The Morgan fingerprint density at radius 2 is 2.40 bits per heavy atom. The molecule has 0 saturated heterocycles. The van der Waals surface area contributed by atoms with E-state index in [0.717, 1.165) is 23.9 Å². The number of hydrogen-bond donors (Lipinski definition) is 1. The van der Waals surface area contributed by atoms with Crippen molar-refractivity contribution in [3.8, 4) is 0 Å². The molecule has 2 N–H and O–H groups in total. The summed E-state index contributed by atoms with van der Waals surface area (Å²) in [6.45, 7) is 3.16. The lowest BCUT2D eigenvalue weighted by molar-refractivity contribution is 0.510. The van der Waals surface area contributed by atoms with E-state index >= 15 is 0 Å². The fourth-order valence-corrected chi connectivity index (χ4v) is 3.05. The van der Waals surface area contributed by atoms with Crippen LogP contribution in [-0.2, 0) is 6.54 Å². The summed E-state index contributed by atoms with van der Waals surface area (Å²) < 4.78 is 3.23. The first-order valence-corrected chi connectivity index (χ1v) is 6.50. The second-order valence-electron chi connectivity index (χ2n) is 4.30. The van der Waals surface area contributed by atoms with Gasteiger partial charge in [-0.25, -0.2) is 0 Å². The van der Waals surface area contributed by atoms with Crippen LogP contribution in [0.4, 0.5) is 0 Å². The number of nitrogens with zero attached hydrogens (tertiary/aromatic N) is 2. The van der Waals surface area contributed by atoms with Gasteiger partial charge in [0.05, 0.1) is 16.4 Å². The van der Waals surface area contributed by atoms with Gasteiger partial charge in [0.15, 0.2) is 0 Å². The van der Waals surface area contributed by atoms with Crippen molar-refractivity contribution < 1.29 is 0 Å². The largest absolute Gasteiger partial charge is 0.327 e. The summed E-state index contributed by atoms with van der Waals surface area (Å²) in [6.07, 6.45) is 6.61. The van der Waals surface area contributed by atoms with E-state index in [9.17, 15) is 0 Å². The zero-order valence-electron chi connectivity index (χ0n) is 9.12. The number of rotatable bonds is 3. The molecule has 1 heterocycles. The zero-order valence-corrected chi connectivity index (χ0v) is 10.7. The van der Waals surface area contributed by atoms with E-state index in [4.69, 9.17) is 5.73 Å². The quantitative estimate of drug-likeness (QED) is 0.919. The lowest BCUT2D eigenvalue weighted by Gasteiger charge is -2.17. The van der Waals surface area contributed by atoms with Gasteiger partial charge in [0, 0.05) is 18.5 Å². The molecule has 0 aliphatic heterocycles. The van der Waals surface area contributed by atoms with Gasteiger partial charge in [0.1, 0.15) is 0 Å². The third-order valence-electron chi connectivity index (χ3n) is 3.19. The molecule has 0 bridgehead atoms. The van der Waals surface area contributed by atoms with Gasteiger partial charge in [-0.05, 0) is 35.2 Å². The van der Waals surface area contributed by atoms with E-state index in [1.807, 2.05) is 6.20 Å². The molecule has 0 radical (unpaired) electrons. The van der Waals surface area contributed by atoms with Crippen molar-refractivity contribution in [3.63, 3.8) is 0 Å². The fraction of sp³-hybridized carbons (Fsp3) is 0.727. The highest BCUT2D eigenvalue weighted by Crippen LogP contribution is 2.36. The van der Waals surface area contributed by atoms with Crippen LogP contribution < -0.4 is 5.73 Å². The fourth-order valence-electron chi connectivity index (χ4n) is 2.46. The molecule has 0 aromatic carbocycles. The first kappa shape index (κ1) is 11.1. The highest BCUT2D eigenvalue weighted by molar-refractivity contribution is 9.10. The second-order valence-corrected chi connectivity index (χ2v) is 5.16. The third-order valence-corrected chi connectivity index (χ3v) is 3.80. The van der Waals surface area contributed by atoms with E-state index < -0.39 is 0 Å². The smallest absolute Gasteiger partial charge is 0.0635 e. The van der Waals surface area contributed by atoms with Gasteiger partial charge < -0.3 is 5.73 Å². The topological polar surface area (TPSA) is 43.8 Å². The van der Waals surface area contributed by atoms with Crippen LogP contribution in [0, 0.1) is 0 Å². The SMILES string of the molecule is CCCn1ncc(Br)c1C1CCCC1N. The van der Waals surface area contributed by atoms with Gasteiger partial charge in [-0.2, -0.15) is 5.10 Å². The van der Waals surface area contributed by atoms with Gasteiger partial charge in [-0.15, -0.1) is 0 Å². The van der Waals surface area contributed by atoms with Crippen LogP contribution in [0.3, 0.4) is 0 Å². The summed E-state index contributed by atoms with van der Waals surface area (Å²) in [7, 11) is 0. The van der Waals surface area contributed by atoms with Crippen molar-refractivity contribution in [2.75, 3.05) is 0 Å². The Morgan fingerprint density at radius 3 is 3.00 bits per heavy atom. The molecule has 1 saturated carbocycles. The average molecular weight is 272 g/mol. The number of halogens is 1. The Balaban J connectivity index is 2.28. The summed E-state index contributed by atoms with van der Waals surface area (Å²) in [5.74, 6) is 0.494. The Bertz CT molecular complexity index is 335. The Labute approximate surface area is 99.2 Å². The Morgan fingerprint density at radius 1 is 1.60 bits per heavy atom. The number of aryl methyl sites for hydroxylation is 1. The Hall–Kier alpha value is -0.350. The van der Waals surface area contributed by atoms with Crippen molar-refractivity contribution in [2.45, 2.75) is 51.1 Å². The van der Waals surface area contributed by atoms with E-state index in [2.05, 4.69) is 32.6 Å². The number of hydrogen-bond acceptors (Lipinski definition) is 2. The summed E-state index contributed by atoms with van der Waals surface area (Å²) in [4.78, 5) is 0. The predicted molar refractivity (Wildman–Crippen MR) is 64.8 cm³/mol. The molecule has 2 unspecified atom stereocenters. The van der Waals surface area contributed by atoms with Crippen LogP contribution in [0.5, 0.6) is 0 Å².